The van der Waals surface area contributed by atoms with Crippen LogP contribution >= 0.6 is 12.4 Å². The minimum atomic E-state index is -2.88. The first-order chi connectivity index (χ1) is 12.7. The molecule has 156 valence electrons. The lowest BCUT2D eigenvalue weighted by molar-refractivity contribution is -0.0498. The number of hydrogen-bond acceptors (Lipinski definition) is 5. The van der Waals surface area contributed by atoms with Gasteiger partial charge in [-0.3, -0.25) is 4.79 Å². The Kier molecular flexibility index (Phi) is 8.77. The number of alkyl halides is 2. The molecule has 2 aromatic rings. The van der Waals surface area contributed by atoms with Crippen LogP contribution in [0.4, 0.5) is 8.78 Å². The molecule has 7 nitrogen and oxygen atoms in total. The minimum Gasteiger partial charge on any atom is -0.435 e. The summed E-state index contributed by atoms with van der Waals surface area (Å²) in [4.78, 5) is 14.2. The van der Waals surface area contributed by atoms with Gasteiger partial charge in [0.25, 0.3) is 5.91 Å². The summed E-state index contributed by atoms with van der Waals surface area (Å²) in [5.41, 5.74) is 7.41. The Morgan fingerprint density at radius 1 is 1.29 bits per heavy atom. The molecule has 1 heterocycles. The number of aromatic nitrogens is 3. The highest BCUT2D eigenvalue weighted by molar-refractivity contribution is 5.93. The summed E-state index contributed by atoms with van der Waals surface area (Å²) in [6, 6.07) is 5.97. The topological polar surface area (TPSA) is 86.3 Å². The summed E-state index contributed by atoms with van der Waals surface area (Å²) in [6.07, 6.45) is 0.693. The van der Waals surface area contributed by atoms with Crippen molar-refractivity contribution in [3.05, 3.63) is 35.7 Å². The molecule has 1 unspecified atom stereocenters. The zero-order chi connectivity index (χ0) is 20.1. The van der Waals surface area contributed by atoms with Gasteiger partial charge >= 0.3 is 6.61 Å². The predicted molar refractivity (Wildman–Crippen MR) is 104 cm³/mol. The molecule has 1 aromatic carbocycles. The van der Waals surface area contributed by atoms with Crippen molar-refractivity contribution in [3.8, 4) is 11.4 Å². The fraction of sp³-hybridized carbons (Fsp3) is 0.500. The fourth-order valence-electron chi connectivity index (χ4n) is 2.50. The number of ether oxygens (including phenoxy) is 1. The van der Waals surface area contributed by atoms with Crippen molar-refractivity contribution in [3.63, 3.8) is 0 Å². The van der Waals surface area contributed by atoms with Crippen molar-refractivity contribution in [2.45, 2.75) is 39.8 Å². The molecular formula is C18H26ClF2N5O2. The summed E-state index contributed by atoms with van der Waals surface area (Å²) in [5, 5.41) is 7.99. The van der Waals surface area contributed by atoms with Crippen molar-refractivity contribution < 1.29 is 18.3 Å². The first-order valence-electron chi connectivity index (χ1n) is 8.69. The number of halogens is 3. The highest BCUT2D eigenvalue weighted by Crippen LogP contribution is 2.19. The molecule has 2 N–H and O–H groups in total. The molecule has 0 radical (unpaired) electrons. The summed E-state index contributed by atoms with van der Waals surface area (Å²) in [6.45, 7) is 3.45. The molecule has 0 fully saturated rings. The zero-order valence-corrected chi connectivity index (χ0v) is 17.1. The van der Waals surface area contributed by atoms with Crippen molar-refractivity contribution in [2.24, 2.45) is 11.7 Å². The average Bonchev–Trinajstić information content (AvgIpc) is 3.00. The van der Waals surface area contributed by atoms with Crippen LogP contribution in [-0.2, 0) is 0 Å². The van der Waals surface area contributed by atoms with E-state index in [1.54, 1.807) is 31.0 Å². The van der Waals surface area contributed by atoms with Crippen molar-refractivity contribution in [2.75, 3.05) is 13.6 Å². The third-order valence-corrected chi connectivity index (χ3v) is 4.40. The summed E-state index contributed by atoms with van der Waals surface area (Å²) in [7, 11) is 1.70. The highest BCUT2D eigenvalue weighted by atomic mass is 35.5. The van der Waals surface area contributed by atoms with E-state index in [2.05, 4.69) is 15.0 Å². The minimum absolute atomic E-state index is 0. The van der Waals surface area contributed by atoms with Gasteiger partial charge in [-0.1, -0.05) is 19.1 Å². The second kappa shape index (κ2) is 10.3. The fourth-order valence-corrected chi connectivity index (χ4v) is 2.50. The van der Waals surface area contributed by atoms with Crippen LogP contribution in [0.3, 0.4) is 0 Å². The van der Waals surface area contributed by atoms with E-state index in [-0.39, 0.29) is 35.8 Å². The Labute approximate surface area is 169 Å². The van der Waals surface area contributed by atoms with Crippen LogP contribution < -0.4 is 10.5 Å². The molecule has 1 atom stereocenters. The Balaban J connectivity index is 0.00000392. The van der Waals surface area contributed by atoms with E-state index >= 15 is 0 Å². The van der Waals surface area contributed by atoms with Gasteiger partial charge in [0.05, 0.1) is 11.4 Å². The van der Waals surface area contributed by atoms with Crippen LogP contribution in [0.2, 0.25) is 0 Å². The number of benzene rings is 1. The number of rotatable bonds is 8. The van der Waals surface area contributed by atoms with Crippen molar-refractivity contribution in [1.29, 1.82) is 0 Å². The number of nitrogens with two attached hydrogens (primary N) is 1. The smallest absolute Gasteiger partial charge is 0.387 e. The van der Waals surface area contributed by atoms with Gasteiger partial charge in [0.1, 0.15) is 5.75 Å². The van der Waals surface area contributed by atoms with Gasteiger partial charge in [0, 0.05) is 19.6 Å². The standard InChI is InChI=1S/C18H25F2N5O2.ClH/c1-11(2)15(21)9-10-24(4)17(26)16-12(3)25(23-22-16)13-5-7-14(8-6-13)27-18(19)20;/h5-8,11,15,18H,9-10,21H2,1-4H3;1H. The molecule has 0 aliphatic heterocycles. The normalized spacial score (nSPS) is 12.0. The maximum absolute atomic E-state index is 12.6. The van der Waals surface area contributed by atoms with Crippen LogP contribution in [-0.4, -0.2) is 52.0 Å². The highest BCUT2D eigenvalue weighted by Gasteiger charge is 2.21. The number of nitrogens with zero attached hydrogens (tertiary/aromatic N) is 4. The number of carbonyl (C=O) groups is 1. The molecule has 0 saturated heterocycles. The van der Waals surface area contributed by atoms with E-state index in [0.717, 1.165) is 0 Å². The summed E-state index contributed by atoms with van der Waals surface area (Å²) >= 11 is 0. The molecular weight excluding hydrogens is 392 g/mol. The summed E-state index contributed by atoms with van der Waals surface area (Å²) in [5.74, 6) is 0.143. The third kappa shape index (κ3) is 5.87. The number of hydrogen-bond donors (Lipinski definition) is 1. The predicted octanol–water partition coefficient (Wildman–Crippen LogP) is 3.04. The van der Waals surface area contributed by atoms with Gasteiger partial charge < -0.3 is 15.4 Å². The quantitative estimate of drug-likeness (QED) is 0.713. The molecule has 0 saturated carbocycles. The first kappa shape index (κ1) is 23.8. The molecule has 0 spiro atoms. The molecule has 10 heteroatoms. The third-order valence-electron chi connectivity index (χ3n) is 4.40. The largest absolute Gasteiger partial charge is 0.435 e. The van der Waals surface area contributed by atoms with Crippen LogP contribution in [0.1, 0.15) is 36.5 Å². The molecule has 28 heavy (non-hydrogen) atoms. The van der Waals surface area contributed by atoms with Gasteiger partial charge in [0.15, 0.2) is 5.69 Å². The van der Waals surface area contributed by atoms with Gasteiger partial charge in [-0.25, -0.2) is 4.68 Å². The lowest BCUT2D eigenvalue weighted by Crippen LogP contribution is -2.35. The zero-order valence-electron chi connectivity index (χ0n) is 16.3. The van der Waals surface area contributed by atoms with E-state index in [0.29, 0.717) is 30.3 Å². The van der Waals surface area contributed by atoms with Gasteiger partial charge in [-0.2, -0.15) is 8.78 Å². The molecule has 0 aliphatic carbocycles. The molecule has 1 amide bonds. The molecule has 0 aliphatic rings. The SMILES string of the molecule is Cc1c(C(=O)N(C)CCC(N)C(C)C)nnn1-c1ccc(OC(F)F)cc1.Cl. The molecule has 2 rings (SSSR count). The Bertz CT molecular complexity index is 768. The van der Waals surface area contributed by atoms with Crippen LogP contribution in [0.25, 0.3) is 5.69 Å². The lowest BCUT2D eigenvalue weighted by Gasteiger charge is -2.21. The van der Waals surface area contributed by atoms with Crippen LogP contribution in [0.5, 0.6) is 5.75 Å². The summed E-state index contributed by atoms with van der Waals surface area (Å²) < 4.78 is 30.3. The van der Waals surface area contributed by atoms with E-state index < -0.39 is 6.61 Å². The molecule has 1 aromatic heterocycles. The van der Waals surface area contributed by atoms with E-state index in [9.17, 15) is 13.6 Å². The van der Waals surface area contributed by atoms with E-state index in [4.69, 9.17) is 5.73 Å². The average molecular weight is 418 g/mol. The lowest BCUT2D eigenvalue weighted by atomic mass is 10.0. The van der Waals surface area contributed by atoms with Gasteiger partial charge in [-0.15, -0.1) is 17.5 Å². The number of carbonyl (C=O) groups excluding carboxylic acids is 1. The van der Waals surface area contributed by atoms with Gasteiger partial charge in [0.2, 0.25) is 0 Å². The van der Waals surface area contributed by atoms with E-state index in [1.807, 2.05) is 13.8 Å². The molecule has 0 bridgehead atoms. The first-order valence-corrected chi connectivity index (χ1v) is 8.69. The maximum Gasteiger partial charge on any atom is 0.387 e. The maximum atomic E-state index is 12.6. The van der Waals surface area contributed by atoms with Crippen LogP contribution in [0, 0.1) is 12.8 Å². The monoisotopic (exact) mass is 417 g/mol. The Morgan fingerprint density at radius 3 is 2.43 bits per heavy atom. The number of amides is 1. The Hall–Kier alpha value is -2.26. The Morgan fingerprint density at radius 2 is 1.89 bits per heavy atom. The van der Waals surface area contributed by atoms with Gasteiger partial charge in [-0.05, 0) is 43.5 Å². The van der Waals surface area contributed by atoms with Crippen molar-refractivity contribution >= 4 is 18.3 Å². The van der Waals surface area contributed by atoms with Crippen molar-refractivity contribution in [1.82, 2.24) is 19.9 Å². The van der Waals surface area contributed by atoms with Crippen LogP contribution in [0.15, 0.2) is 24.3 Å². The van der Waals surface area contributed by atoms with E-state index in [1.165, 1.54) is 16.8 Å². The second-order valence-corrected chi connectivity index (χ2v) is 6.73. The second-order valence-electron chi connectivity index (χ2n) is 6.73.